The molecule has 1 aromatic heterocycles. The number of anilines is 1. The van der Waals surface area contributed by atoms with Crippen LogP contribution in [0.25, 0.3) is 0 Å². The van der Waals surface area contributed by atoms with Gasteiger partial charge in [0.25, 0.3) is 0 Å². The van der Waals surface area contributed by atoms with Crippen LogP contribution in [0.3, 0.4) is 0 Å². The lowest BCUT2D eigenvalue weighted by Gasteiger charge is -2.06. The lowest BCUT2D eigenvalue weighted by atomic mass is 10.1. The number of nitrogens with zero attached hydrogens (tertiary/aromatic N) is 1. The smallest absolute Gasteiger partial charge is 0.357 e. The van der Waals surface area contributed by atoms with Gasteiger partial charge < -0.3 is 15.2 Å². The van der Waals surface area contributed by atoms with Crippen molar-refractivity contribution in [3.8, 4) is 0 Å². The molecular weight excluding hydrogens is 300 g/mol. The normalized spacial score (nSPS) is 16.4. The third-order valence-corrected chi connectivity index (χ3v) is 4.45. The van der Waals surface area contributed by atoms with Crippen LogP contribution in [0.2, 0.25) is 0 Å². The van der Waals surface area contributed by atoms with Crippen LogP contribution >= 0.6 is 11.3 Å². The molecule has 1 aliphatic rings. The van der Waals surface area contributed by atoms with Crippen LogP contribution in [0.5, 0.6) is 0 Å². The number of nitrogens with one attached hydrogen (secondary N) is 1. The number of esters is 1. The molecule has 1 aromatic carbocycles. The number of carbonyl (C=O) groups excluding carboxylic acids is 1. The predicted octanol–water partition coefficient (Wildman–Crippen LogP) is 2.39. The Kier molecular flexibility index (Phi) is 4.40. The number of aromatic nitrogens is 1. The van der Waals surface area contributed by atoms with Gasteiger partial charge in [0.05, 0.1) is 19.3 Å². The third-order valence-electron chi connectivity index (χ3n) is 3.60. The van der Waals surface area contributed by atoms with Gasteiger partial charge in [-0.25, -0.2) is 9.78 Å². The van der Waals surface area contributed by atoms with Gasteiger partial charge >= 0.3 is 5.97 Å². The van der Waals surface area contributed by atoms with E-state index < -0.39 is 0 Å². The summed E-state index contributed by atoms with van der Waals surface area (Å²) in [7, 11) is 0. The van der Waals surface area contributed by atoms with Crippen molar-refractivity contribution >= 4 is 23.0 Å². The zero-order valence-electron chi connectivity index (χ0n) is 12.3. The molecule has 5 nitrogen and oxygen atoms in total. The molecule has 0 saturated heterocycles. The maximum Gasteiger partial charge on any atom is 0.357 e. The number of benzene rings is 1. The first-order chi connectivity index (χ1) is 10.7. The molecule has 2 N–H and O–H groups in total. The minimum Gasteiger partial charge on any atom is -0.461 e. The lowest BCUT2D eigenvalue weighted by Crippen LogP contribution is -2.06. The Bertz CT molecular complexity index is 684. The van der Waals surface area contributed by atoms with E-state index in [0.29, 0.717) is 18.8 Å². The highest BCUT2D eigenvalue weighted by atomic mass is 32.1. The first-order valence-corrected chi connectivity index (χ1v) is 8.19. The summed E-state index contributed by atoms with van der Waals surface area (Å²) in [6.07, 6.45) is 1.21. The highest BCUT2D eigenvalue weighted by Crippen LogP contribution is 2.25. The maximum atomic E-state index is 11.6. The fourth-order valence-corrected chi connectivity index (χ4v) is 3.28. The van der Waals surface area contributed by atoms with E-state index in [-0.39, 0.29) is 12.1 Å². The van der Waals surface area contributed by atoms with E-state index in [1.807, 2.05) is 6.07 Å². The van der Waals surface area contributed by atoms with Crippen LogP contribution in [-0.4, -0.2) is 28.8 Å². The average Bonchev–Trinajstić information content (AvgIpc) is 3.10. The van der Waals surface area contributed by atoms with Gasteiger partial charge in [0.1, 0.15) is 5.01 Å². The van der Waals surface area contributed by atoms with Crippen LogP contribution in [0.4, 0.5) is 5.69 Å². The number of carbonyl (C=O) groups is 1. The molecule has 2 aromatic rings. The molecule has 0 saturated carbocycles. The minimum absolute atomic E-state index is 0.253. The Hall–Kier alpha value is -1.92. The van der Waals surface area contributed by atoms with Crippen molar-refractivity contribution in [1.29, 1.82) is 0 Å². The fourth-order valence-electron chi connectivity index (χ4n) is 2.57. The molecule has 0 bridgehead atoms. The second-order valence-corrected chi connectivity index (χ2v) is 6.19. The Balaban J connectivity index is 1.61. The van der Waals surface area contributed by atoms with Gasteiger partial charge in [-0.3, -0.25) is 0 Å². The molecule has 1 heterocycles. The van der Waals surface area contributed by atoms with Crippen molar-refractivity contribution in [2.45, 2.75) is 32.4 Å². The van der Waals surface area contributed by atoms with E-state index in [1.165, 1.54) is 22.5 Å². The molecule has 1 unspecified atom stereocenters. The molecule has 3 rings (SSSR count). The number of ether oxygens (including phenoxy) is 1. The van der Waals surface area contributed by atoms with Crippen molar-refractivity contribution in [2.75, 3.05) is 11.9 Å². The van der Waals surface area contributed by atoms with Gasteiger partial charge in [-0.15, -0.1) is 11.3 Å². The van der Waals surface area contributed by atoms with E-state index in [1.54, 1.807) is 12.3 Å². The average molecular weight is 318 g/mol. The zero-order valence-corrected chi connectivity index (χ0v) is 13.2. The van der Waals surface area contributed by atoms with Crippen LogP contribution in [0.15, 0.2) is 23.6 Å². The molecule has 1 atom stereocenters. The number of hydrogen-bond acceptors (Lipinski definition) is 6. The monoisotopic (exact) mass is 318 g/mol. The van der Waals surface area contributed by atoms with Crippen LogP contribution in [0, 0.1) is 0 Å². The summed E-state index contributed by atoms with van der Waals surface area (Å²) in [5.41, 5.74) is 3.78. The molecule has 0 fully saturated rings. The molecular formula is C16H18N2O3S. The quantitative estimate of drug-likeness (QED) is 0.828. The minimum atomic E-state index is -0.378. The number of aliphatic hydroxyl groups is 1. The Morgan fingerprint density at radius 1 is 1.45 bits per heavy atom. The van der Waals surface area contributed by atoms with Crippen molar-refractivity contribution < 1.29 is 14.6 Å². The largest absolute Gasteiger partial charge is 0.461 e. The molecule has 0 spiro atoms. The van der Waals surface area contributed by atoms with Crippen molar-refractivity contribution in [1.82, 2.24) is 4.98 Å². The first kappa shape index (κ1) is 15.0. The summed E-state index contributed by atoms with van der Waals surface area (Å²) in [5, 5.41) is 15.5. The molecule has 1 aliphatic carbocycles. The molecule has 22 heavy (non-hydrogen) atoms. The van der Waals surface area contributed by atoms with E-state index in [4.69, 9.17) is 4.74 Å². The zero-order chi connectivity index (χ0) is 15.5. The van der Waals surface area contributed by atoms with Gasteiger partial charge in [-0.05, 0) is 43.0 Å². The summed E-state index contributed by atoms with van der Waals surface area (Å²) < 4.78 is 4.93. The summed E-state index contributed by atoms with van der Waals surface area (Å²) in [4.78, 5) is 15.8. The van der Waals surface area contributed by atoms with Gasteiger partial charge in [0, 0.05) is 11.1 Å². The summed E-state index contributed by atoms with van der Waals surface area (Å²) in [6, 6.07) is 6.14. The summed E-state index contributed by atoms with van der Waals surface area (Å²) in [5.74, 6) is -0.378. The van der Waals surface area contributed by atoms with Crippen molar-refractivity contribution in [2.24, 2.45) is 0 Å². The highest BCUT2D eigenvalue weighted by Gasteiger charge is 2.19. The Morgan fingerprint density at radius 3 is 3.09 bits per heavy atom. The van der Waals surface area contributed by atoms with E-state index in [0.717, 1.165) is 23.5 Å². The molecule has 0 aliphatic heterocycles. The highest BCUT2D eigenvalue weighted by molar-refractivity contribution is 7.09. The number of hydrogen-bond donors (Lipinski definition) is 2. The summed E-state index contributed by atoms with van der Waals surface area (Å²) >= 11 is 1.43. The standard InChI is InChI=1S/C16H18N2O3S/c1-2-21-16(20)14-9-22-15(18-14)8-17-12-4-3-10-6-13(19)7-11(10)5-12/h3-5,9,13,17,19H,2,6-8H2,1H3. The summed E-state index contributed by atoms with van der Waals surface area (Å²) in [6.45, 7) is 2.69. The topological polar surface area (TPSA) is 71.5 Å². The second kappa shape index (κ2) is 6.46. The van der Waals surface area contributed by atoms with E-state index >= 15 is 0 Å². The van der Waals surface area contributed by atoms with Gasteiger partial charge in [0.15, 0.2) is 5.69 Å². The third kappa shape index (κ3) is 3.28. The van der Waals surface area contributed by atoms with Gasteiger partial charge in [0.2, 0.25) is 0 Å². The number of rotatable bonds is 5. The number of thiazole rings is 1. The van der Waals surface area contributed by atoms with E-state index in [2.05, 4.69) is 22.4 Å². The van der Waals surface area contributed by atoms with Crippen LogP contribution in [-0.2, 0) is 24.1 Å². The lowest BCUT2D eigenvalue weighted by molar-refractivity contribution is 0.0520. The maximum absolute atomic E-state index is 11.6. The predicted molar refractivity (Wildman–Crippen MR) is 85.3 cm³/mol. The number of aliphatic hydroxyl groups excluding tert-OH is 1. The SMILES string of the molecule is CCOC(=O)c1csc(CNc2ccc3c(c2)CC(O)C3)n1. The van der Waals surface area contributed by atoms with Crippen molar-refractivity contribution in [3.05, 3.63) is 45.4 Å². The molecule has 0 radical (unpaired) electrons. The Labute approximate surface area is 133 Å². The van der Waals surface area contributed by atoms with Gasteiger partial charge in [-0.1, -0.05) is 6.07 Å². The fraction of sp³-hybridized carbons (Fsp3) is 0.375. The van der Waals surface area contributed by atoms with Crippen LogP contribution < -0.4 is 5.32 Å². The van der Waals surface area contributed by atoms with Crippen molar-refractivity contribution in [3.63, 3.8) is 0 Å². The van der Waals surface area contributed by atoms with E-state index in [9.17, 15) is 9.90 Å². The van der Waals surface area contributed by atoms with Crippen LogP contribution in [0.1, 0.15) is 33.5 Å². The first-order valence-electron chi connectivity index (χ1n) is 7.31. The second-order valence-electron chi connectivity index (χ2n) is 5.25. The number of fused-ring (bicyclic) bond motifs is 1. The molecule has 6 heteroatoms. The molecule has 0 amide bonds. The molecule has 116 valence electrons. The Morgan fingerprint density at radius 2 is 2.27 bits per heavy atom. The van der Waals surface area contributed by atoms with Gasteiger partial charge in [-0.2, -0.15) is 0 Å².